The van der Waals surface area contributed by atoms with Gasteiger partial charge in [0.2, 0.25) is 0 Å². The normalized spacial score (nSPS) is 12.3. The van der Waals surface area contributed by atoms with E-state index >= 15 is 0 Å². The maximum absolute atomic E-state index is 10.5. The molecule has 0 fully saturated rings. The molecule has 1 aromatic rings. The molecule has 1 aromatic carbocycles. The molecule has 0 aliphatic carbocycles. The van der Waals surface area contributed by atoms with E-state index in [4.69, 9.17) is 4.74 Å². The van der Waals surface area contributed by atoms with Crippen molar-refractivity contribution in [3.05, 3.63) is 39.9 Å². The molecule has 112 valence electrons. The van der Waals surface area contributed by atoms with Gasteiger partial charge in [0.1, 0.15) is 0 Å². The SMILES string of the molecule is CCCCOCCNCC(O)c1ccc([N+](=O)[O-])cc1. The molecule has 6 heteroatoms. The Hall–Kier alpha value is -1.50. The van der Waals surface area contributed by atoms with Crippen LogP contribution in [0.1, 0.15) is 31.4 Å². The summed E-state index contributed by atoms with van der Waals surface area (Å²) in [6.45, 7) is 4.57. The zero-order valence-electron chi connectivity index (χ0n) is 11.7. The number of ether oxygens (including phenoxy) is 1. The van der Waals surface area contributed by atoms with Crippen LogP contribution in [0, 0.1) is 10.1 Å². The van der Waals surface area contributed by atoms with Crippen LogP contribution in [0.15, 0.2) is 24.3 Å². The van der Waals surface area contributed by atoms with Crippen molar-refractivity contribution in [1.82, 2.24) is 5.32 Å². The first-order chi connectivity index (χ1) is 9.65. The summed E-state index contributed by atoms with van der Waals surface area (Å²) in [5, 5.41) is 23.5. The summed E-state index contributed by atoms with van der Waals surface area (Å²) in [5.74, 6) is 0. The maximum Gasteiger partial charge on any atom is 0.269 e. The smallest absolute Gasteiger partial charge is 0.269 e. The first-order valence-electron chi connectivity index (χ1n) is 6.86. The van der Waals surface area contributed by atoms with E-state index in [0.717, 1.165) is 19.4 Å². The molecule has 1 rings (SSSR count). The number of unbranched alkanes of at least 4 members (excludes halogenated alkanes) is 1. The fourth-order valence-corrected chi connectivity index (χ4v) is 1.67. The standard InChI is InChI=1S/C14H22N2O4/c1-2-3-9-20-10-8-15-11-14(17)12-4-6-13(7-5-12)16(18)19/h4-7,14-15,17H,2-3,8-11H2,1H3. The van der Waals surface area contributed by atoms with Crippen molar-refractivity contribution in [2.45, 2.75) is 25.9 Å². The highest BCUT2D eigenvalue weighted by atomic mass is 16.6. The largest absolute Gasteiger partial charge is 0.387 e. The average molecular weight is 282 g/mol. The number of aliphatic hydroxyl groups excluding tert-OH is 1. The van der Waals surface area contributed by atoms with Gasteiger partial charge < -0.3 is 15.2 Å². The van der Waals surface area contributed by atoms with Gasteiger partial charge in [-0.05, 0) is 24.1 Å². The van der Waals surface area contributed by atoms with Crippen LogP contribution in [-0.2, 0) is 4.74 Å². The molecular weight excluding hydrogens is 260 g/mol. The van der Waals surface area contributed by atoms with Crippen LogP contribution in [-0.4, -0.2) is 36.3 Å². The van der Waals surface area contributed by atoms with Gasteiger partial charge in [0, 0.05) is 31.8 Å². The summed E-state index contributed by atoms with van der Waals surface area (Å²) >= 11 is 0. The van der Waals surface area contributed by atoms with Crippen LogP contribution < -0.4 is 5.32 Å². The van der Waals surface area contributed by atoms with Crippen molar-refractivity contribution < 1.29 is 14.8 Å². The van der Waals surface area contributed by atoms with Gasteiger partial charge in [-0.15, -0.1) is 0 Å². The van der Waals surface area contributed by atoms with Crippen molar-refractivity contribution in [3.63, 3.8) is 0 Å². The molecule has 0 aliphatic heterocycles. The summed E-state index contributed by atoms with van der Waals surface area (Å²) < 4.78 is 5.38. The van der Waals surface area contributed by atoms with E-state index in [9.17, 15) is 15.2 Å². The summed E-state index contributed by atoms with van der Waals surface area (Å²) in [6.07, 6.45) is 1.50. The number of nitro groups is 1. The fraction of sp³-hybridized carbons (Fsp3) is 0.571. The maximum atomic E-state index is 10.5. The summed E-state index contributed by atoms with van der Waals surface area (Å²) in [5.41, 5.74) is 0.688. The van der Waals surface area contributed by atoms with Crippen LogP contribution in [0.25, 0.3) is 0 Å². The lowest BCUT2D eigenvalue weighted by atomic mass is 10.1. The average Bonchev–Trinajstić information content (AvgIpc) is 2.46. The third-order valence-corrected chi connectivity index (χ3v) is 2.89. The van der Waals surface area contributed by atoms with E-state index in [0.29, 0.717) is 25.3 Å². The minimum Gasteiger partial charge on any atom is -0.387 e. The van der Waals surface area contributed by atoms with Gasteiger partial charge in [-0.3, -0.25) is 10.1 Å². The van der Waals surface area contributed by atoms with Crippen molar-refractivity contribution in [3.8, 4) is 0 Å². The molecule has 0 amide bonds. The molecular formula is C14H22N2O4. The lowest BCUT2D eigenvalue weighted by molar-refractivity contribution is -0.384. The lowest BCUT2D eigenvalue weighted by Gasteiger charge is -2.12. The van der Waals surface area contributed by atoms with Gasteiger partial charge >= 0.3 is 0 Å². The van der Waals surface area contributed by atoms with Gasteiger partial charge in [-0.25, -0.2) is 0 Å². The number of benzene rings is 1. The van der Waals surface area contributed by atoms with Crippen LogP contribution in [0.3, 0.4) is 0 Å². The minimum absolute atomic E-state index is 0.0261. The molecule has 0 saturated carbocycles. The third kappa shape index (κ3) is 6.10. The molecule has 2 N–H and O–H groups in total. The zero-order chi connectivity index (χ0) is 14.8. The highest BCUT2D eigenvalue weighted by Crippen LogP contribution is 2.17. The van der Waals surface area contributed by atoms with E-state index < -0.39 is 11.0 Å². The Morgan fingerprint density at radius 1 is 1.35 bits per heavy atom. The number of hydrogen-bond acceptors (Lipinski definition) is 5. The molecule has 1 atom stereocenters. The Balaban J connectivity index is 2.22. The molecule has 0 radical (unpaired) electrons. The second-order valence-corrected chi connectivity index (χ2v) is 4.53. The number of non-ortho nitro benzene ring substituents is 1. The molecule has 0 aromatic heterocycles. The predicted octanol–water partition coefficient (Wildman–Crippen LogP) is 2.03. The predicted molar refractivity (Wildman–Crippen MR) is 76.7 cm³/mol. The van der Waals surface area contributed by atoms with E-state index in [-0.39, 0.29) is 5.69 Å². The van der Waals surface area contributed by atoms with Gasteiger partial charge in [0.05, 0.1) is 17.6 Å². The fourth-order valence-electron chi connectivity index (χ4n) is 1.67. The lowest BCUT2D eigenvalue weighted by Crippen LogP contribution is -2.25. The van der Waals surface area contributed by atoms with Crippen molar-refractivity contribution in [1.29, 1.82) is 0 Å². The highest BCUT2D eigenvalue weighted by Gasteiger charge is 2.09. The van der Waals surface area contributed by atoms with Gasteiger partial charge in [-0.2, -0.15) is 0 Å². The van der Waals surface area contributed by atoms with Crippen LogP contribution in [0.2, 0.25) is 0 Å². The van der Waals surface area contributed by atoms with Crippen LogP contribution >= 0.6 is 0 Å². The van der Waals surface area contributed by atoms with E-state index in [1.165, 1.54) is 12.1 Å². The molecule has 20 heavy (non-hydrogen) atoms. The number of rotatable bonds is 10. The van der Waals surface area contributed by atoms with Crippen LogP contribution in [0.5, 0.6) is 0 Å². The monoisotopic (exact) mass is 282 g/mol. The quantitative estimate of drug-likeness (QED) is 0.390. The van der Waals surface area contributed by atoms with Gasteiger partial charge in [-0.1, -0.05) is 13.3 Å². The Morgan fingerprint density at radius 3 is 2.65 bits per heavy atom. The molecule has 6 nitrogen and oxygen atoms in total. The molecule has 0 saturated heterocycles. The second-order valence-electron chi connectivity index (χ2n) is 4.53. The Morgan fingerprint density at radius 2 is 2.05 bits per heavy atom. The highest BCUT2D eigenvalue weighted by molar-refractivity contribution is 5.33. The number of aliphatic hydroxyl groups is 1. The summed E-state index contributed by atoms with van der Waals surface area (Å²) in [4.78, 5) is 10.1. The Bertz CT molecular complexity index is 395. The third-order valence-electron chi connectivity index (χ3n) is 2.89. The molecule has 0 aliphatic rings. The number of nitrogens with zero attached hydrogens (tertiary/aromatic N) is 1. The second kappa shape index (κ2) is 9.41. The van der Waals surface area contributed by atoms with Crippen molar-refractivity contribution in [2.75, 3.05) is 26.3 Å². The van der Waals surface area contributed by atoms with E-state index in [1.807, 2.05) is 0 Å². The van der Waals surface area contributed by atoms with Crippen molar-refractivity contribution >= 4 is 5.69 Å². The van der Waals surface area contributed by atoms with Gasteiger partial charge in [0.15, 0.2) is 0 Å². The summed E-state index contributed by atoms with van der Waals surface area (Å²) in [6, 6.07) is 5.93. The minimum atomic E-state index is -0.675. The van der Waals surface area contributed by atoms with Crippen LogP contribution in [0.4, 0.5) is 5.69 Å². The van der Waals surface area contributed by atoms with Crippen molar-refractivity contribution in [2.24, 2.45) is 0 Å². The number of nitro benzene ring substituents is 1. The van der Waals surface area contributed by atoms with E-state index in [1.54, 1.807) is 12.1 Å². The summed E-state index contributed by atoms with van der Waals surface area (Å²) in [7, 11) is 0. The van der Waals surface area contributed by atoms with Gasteiger partial charge in [0.25, 0.3) is 5.69 Å². The Labute approximate surface area is 118 Å². The Kier molecular flexibility index (Phi) is 7.79. The number of nitrogens with one attached hydrogen (secondary N) is 1. The number of hydrogen-bond donors (Lipinski definition) is 2. The van der Waals surface area contributed by atoms with E-state index in [2.05, 4.69) is 12.2 Å². The molecule has 0 spiro atoms. The zero-order valence-corrected chi connectivity index (χ0v) is 11.7. The first-order valence-corrected chi connectivity index (χ1v) is 6.86. The first kappa shape index (κ1) is 16.6. The molecule has 0 heterocycles. The molecule has 0 bridgehead atoms. The molecule has 1 unspecified atom stereocenters. The topological polar surface area (TPSA) is 84.6 Å².